The molecule has 0 fully saturated rings. The second-order valence-corrected chi connectivity index (χ2v) is 4.60. The monoisotopic (exact) mass is 234 g/mol. The second kappa shape index (κ2) is 8.27. The number of hydrogen-bond acceptors (Lipinski definition) is 3. The first-order valence-electron chi connectivity index (χ1n) is 5.84. The fourth-order valence-electron chi connectivity index (χ4n) is 1.38. The molecule has 0 aliphatic heterocycles. The number of rotatable bonds is 9. The van der Waals surface area contributed by atoms with E-state index in [1.807, 2.05) is 13.8 Å². The Hall–Kier alpha value is 0.0969. The smallest absolute Gasteiger partial charge is 0.157 e. The van der Waals surface area contributed by atoms with Crippen molar-refractivity contribution in [3.05, 3.63) is 0 Å². The third kappa shape index (κ3) is 7.96. The molecule has 92 valence electrons. The topological polar surface area (TPSA) is 27.7 Å². The Morgan fingerprint density at radius 2 is 1.67 bits per heavy atom. The Morgan fingerprint density at radius 3 is 2.07 bits per heavy atom. The number of hydrogen-bond donors (Lipinski definition) is 0. The molecule has 0 aromatic heterocycles. The summed E-state index contributed by atoms with van der Waals surface area (Å²) in [5.74, 6) is 0. The van der Waals surface area contributed by atoms with E-state index in [0.717, 1.165) is 29.7 Å². The lowest BCUT2D eigenvalue weighted by Gasteiger charge is -2.24. The minimum Gasteiger partial charge on any atom is -0.423 e. The molecule has 0 saturated heterocycles. The first kappa shape index (κ1) is 15.1. The molecule has 0 rings (SSSR count). The lowest BCUT2D eigenvalue weighted by molar-refractivity contribution is -0.141. The molecular formula is C11H26O3Si. The summed E-state index contributed by atoms with van der Waals surface area (Å²) in [6, 6.07) is 0. The summed E-state index contributed by atoms with van der Waals surface area (Å²) in [4.78, 5) is 0. The predicted octanol–water partition coefficient (Wildman–Crippen LogP) is 1.63. The lowest BCUT2D eigenvalue weighted by atomic mass is 10.0. The van der Waals surface area contributed by atoms with Gasteiger partial charge in [0.2, 0.25) is 0 Å². The van der Waals surface area contributed by atoms with Gasteiger partial charge in [-0.25, -0.2) is 0 Å². The van der Waals surface area contributed by atoms with Crippen molar-refractivity contribution in [3.8, 4) is 0 Å². The predicted molar refractivity (Wildman–Crippen MR) is 66.0 cm³/mol. The van der Waals surface area contributed by atoms with Crippen LogP contribution in [0.15, 0.2) is 0 Å². The Bertz CT molecular complexity index is 145. The van der Waals surface area contributed by atoms with Gasteiger partial charge in [-0.05, 0) is 47.0 Å². The Labute approximate surface area is 97.0 Å². The molecule has 4 heteroatoms. The largest absolute Gasteiger partial charge is 0.423 e. The average Bonchev–Trinajstić information content (AvgIpc) is 2.18. The van der Waals surface area contributed by atoms with Crippen LogP contribution >= 0.6 is 0 Å². The summed E-state index contributed by atoms with van der Waals surface area (Å²) in [6.45, 7) is 9.69. The van der Waals surface area contributed by atoms with Crippen molar-refractivity contribution in [2.75, 3.05) is 13.2 Å². The van der Waals surface area contributed by atoms with Crippen molar-refractivity contribution in [1.29, 1.82) is 0 Å². The third-order valence-electron chi connectivity index (χ3n) is 2.48. The van der Waals surface area contributed by atoms with Gasteiger partial charge in [-0.1, -0.05) is 0 Å². The van der Waals surface area contributed by atoms with Gasteiger partial charge >= 0.3 is 0 Å². The molecule has 3 nitrogen and oxygen atoms in total. The highest BCUT2D eigenvalue weighted by atomic mass is 28.2. The van der Waals surface area contributed by atoms with Crippen LogP contribution < -0.4 is 0 Å². The summed E-state index contributed by atoms with van der Waals surface area (Å²) in [5, 5.41) is 0. The van der Waals surface area contributed by atoms with Crippen molar-refractivity contribution in [2.24, 2.45) is 0 Å². The van der Waals surface area contributed by atoms with E-state index in [2.05, 4.69) is 13.8 Å². The minimum atomic E-state index is -0.0371. The van der Waals surface area contributed by atoms with Crippen LogP contribution in [0.5, 0.6) is 0 Å². The van der Waals surface area contributed by atoms with E-state index in [1.165, 1.54) is 0 Å². The molecule has 0 spiro atoms. The molecule has 0 N–H and O–H groups in total. The van der Waals surface area contributed by atoms with Crippen LogP contribution in [0.4, 0.5) is 0 Å². The molecule has 0 amide bonds. The quantitative estimate of drug-likeness (QED) is 0.448. The maximum absolute atomic E-state index is 5.50. The molecule has 0 aliphatic rings. The van der Waals surface area contributed by atoms with Gasteiger partial charge in [0.05, 0.1) is 0 Å². The van der Waals surface area contributed by atoms with Gasteiger partial charge in [-0.2, -0.15) is 0 Å². The fourth-order valence-corrected chi connectivity index (χ4v) is 1.59. The van der Waals surface area contributed by atoms with Crippen molar-refractivity contribution in [1.82, 2.24) is 0 Å². The second-order valence-electron chi connectivity index (χ2n) is 4.20. The molecule has 15 heavy (non-hydrogen) atoms. The molecule has 0 saturated carbocycles. The normalized spacial score (nSPS) is 12.6. The van der Waals surface area contributed by atoms with Crippen LogP contribution in [0.1, 0.15) is 47.0 Å². The molecule has 0 radical (unpaired) electrons. The van der Waals surface area contributed by atoms with Crippen LogP contribution in [-0.4, -0.2) is 35.6 Å². The Kier molecular flexibility index (Phi) is 8.33. The molecule has 0 aromatic carbocycles. The van der Waals surface area contributed by atoms with Crippen molar-refractivity contribution < 1.29 is 13.9 Å². The van der Waals surface area contributed by atoms with Crippen molar-refractivity contribution >= 4 is 10.5 Å². The minimum absolute atomic E-state index is 0.0230. The highest BCUT2D eigenvalue weighted by Crippen LogP contribution is 2.18. The Morgan fingerprint density at radius 1 is 1.13 bits per heavy atom. The van der Waals surface area contributed by atoms with E-state index in [0.29, 0.717) is 13.2 Å². The maximum atomic E-state index is 5.50. The maximum Gasteiger partial charge on any atom is 0.157 e. The van der Waals surface area contributed by atoms with E-state index in [9.17, 15) is 0 Å². The van der Waals surface area contributed by atoms with Gasteiger partial charge in [0.1, 0.15) is 10.5 Å². The summed E-state index contributed by atoms with van der Waals surface area (Å²) in [5.41, 5.74) is 0.0230. The molecule has 0 aliphatic carbocycles. The standard InChI is InChI=1S/C11H26O3Si/c1-5-12-10(13-6-2)8-7-9-11(3,4)14-15/h10H,5-9H2,1-4,15H3. The molecular weight excluding hydrogens is 208 g/mol. The van der Waals surface area contributed by atoms with Crippen LogP contribution in [0.2, 0.25) is 0 Å². The molecule has 0 aromatic rings. The zero-order valence-electron chi connectivity index (χ0n) is 10.8. The van der Waals surface area contributed by atoms with Gasteiger partial charge in [0.25, 0.3) is 0 Å². The van der Waals surface area contributed by atoms with E-state index in [1.54, 1.807) is 0 Å². The third-order valence-corrected chi connectivity index (χ3v) is 3.58. The summed E-state index contributed by atoms with van der Waals surface area (Å²) in [6.07, 6.45) is 3.06. The lowest BCUT2D eigenvalue weighted by Crippen LogP contribution is -2.24. The highest BCUT2D eigenvalue weighted by molar-refractivity contribution is 5.98. The van der Waals surface area contributed by atoms with Gasteiger partial charge in [-0.3, -0.25) is 0 Å². The van der Waals surface area contributed by atoms with Crippen LogP contribution in [0, 0.1) is 0 Å². The van der Waals surface area contributed by atoms with Crippen LogP contribution in [0.3, 0.4) is 0 Å². The van der Waals surface area contributed by atoms with E-state index in [4.69, 9.17) is 13.9 Å². The van der Waals surface area contributed by atoms with Gasteiger partial charge in [0, 0.05) is 18.8 Å². The first-order chi connectivity index (χ1) is 7.05. The van der Waals surface area contributed by atoms with E-state index in [-0.39, 0.29) is 11.9 Å². The molecule has 0 heterocycles. The van der Waals surface area contributed by atoms with Gasteiger partial charge in [0.15, 0.2) is 6.29 Å². The van der Waals surface area contributed by atoms with E-state index < -0.39 is 0 Å². The van der Waals surface area contributed by atoms with Crippen molar-refractivity contribution in [2.45, 2.75) is 58.8 Å². The van der Waals surface area contributed by atoms with Gasteiger partial charge < -0.3 is 13.9 Å². The fraction of sp³-hybridized carbons (Fsp3) is 1.00. The van der Waals surface area contributed by atoms with Gasteiger partial charge in [-0.15, -0.1) is 0 Å². The first-order valence-corrected chi connectivity index (χ1v) is 6.65. The molecule has 0 atom stereocenters. The zero-order valence-corrected chi connectivity index (χ0v) is 12.8. The van der Waals surface area contributed by atoms with Crippen molar-refractivity contribution in [3.63, 3.8) is 0 Å². The SMILES string of the molecule is CCOC(CCCC(C)(C)O[SiH3])OCC. The highest BCUT2D eigenvalue weighted by Gasteiger charge is 2.16. The number of ether oxygens (including phenoxy) is 2. The average molecular weight is 234 g/mol. The van der Waals surface area contributed by atoms with Crippen LogP contribution in [-0.2, 0) is 13.9 Å². The zero-order chi connectivity index (χ0) is 11.7. The van der Waals surface area contributed by atoms with E-state index >= 15 is 0 Å². The summed E-state index contributed by atoms with van der Waals surface area (Å²) >= 11 is 0. The summed E-state index contributed by atoms with van der Waals surface area (Å²) < 4.78 is 16.4. The summed E-state index contributed by atoms with van der Waals surface area (Å²) in [7, 11) is 0.801. The van der Waals surface area contributed by atoms with Crippen LogP contribution in [0.25, 0.3) is 0 Å². The Balaban J connectivity index is 3.69. The molecule has 0 unspecified atom stereocenters. The molecule has 0 bridgehead atoms.